The van der Waals surface area contributed by atoms with Gasteiger partial charge in [-0.15, -0.1) is 0 Å². The van der Waals surface area contributed by atoms with E-state index >= 15 is 0 Å². The summed E-state index contributed by atoms with van der Waals surface area (Å²) in [5.41, 5.74) is 12.6. The summed E-state index contributed by atoms with van der Waals surface area (Å²) < 4.78 is 0. The summed E-state index contributed by atoms with van der Waals surface area (Å²) in [6, 6.07) is 57.5. The first-order chi connectivity index (χ1) is 40.2. The van der Waals surface area contributed by atoms with Gasteiger partial charge in [-0.3, -0.25) is 49.8 Å². The molecule has 10 aromatic rings. The van der Waals surface area contributed by atoms with Gasteiger partial charge in [0.1, 0.15) is 0 Å². The largest absolute Gasteiger partial charge is 2.00 e. The van der Waals surface area contributed by atoms with Crippen molar-refractivity contribution in [2.24, 2.45) is 40.8 Å². The molecule has 10 heterocycles. The maximum atomic E-state index is 4.22. The summed E-state index contributed by atoms with van der Waals surface area (Å²) in [5, 5.41) is 33.2. The molecule has 0 amide bonds. The van der Waals surface area contributed by atoms with Crippen LogP contribution in [0.3, 0.4) is 0 Å². The number of aromatic nitrogens is 10. The van der Waals surface area contributed by atoms with E-state index in [1.165, 1.54) is 0 Å². The molecule has 18 nitrogen and oxygen atoms in total. The Kier molecular flexibility index (Phi) is 31.3. The molecule has 0 fully saturated rings. The summed E-state index contributed by atoms with van der Waals surface area (Å²) in [5.74, 6) is 0. The van der Waals surface area contributed by atoms with Crippen LogP contribution in [0.25, 0.3) is 45.6 Å². The van der Waals surface area contributed by atoms with Crippen molar-refractivity contribution in [3.63, 3.8) is 0 Å². The van der Waals surface area contributed by atoms with Crippen LogP contribution in [0.2, 0.25) is 0 Å². The van der Waals surface area contributed by atoms with Gasteiger partial charge in [0.05, 0.1) is 104 Å². The zero-order chi connectivity index (χ0) is 57.7. The predicted octanol–water partition coefficient (Wildman–Crippen LogP) is 13.0. The quantitative estimate of drug-likeness (QED) is 0.0602. The molecule has 0 aliphatic carbocycles. The van der Waals surface area contributed by atoms with Crippen LogP contribution < -0.4 is 0 Å². The average molecular weight is 1280 g/mol. The fourth-order valence-corrected chi connectivity index (χ4v) is 6.10. The van der Waals surface area contributed by atoms with Crippen LogP contribution in [-0.2, 0) is 39.0 Å². The van der Waals surface area contributed by atoms with E-state index in [0.29, 0.717) is 34.3 Å². The van der Waals surface area contributed by atoms with Crippen LogP contribution >= 0.6 is 0 Å². The van der Waals surface area contributed by atoms with Gasteiger partial charge in [-0.05, 0) is 163 Å². The molecule has 0 saturated heterocycles. The monoisotopic (exact) mass is 1280 g/mol. The van der Waals surface area contributed by atoms with E-state index in [0.717, 1.165) is 56.9 Å². The van der Waals surface area contributed by atoms with Gasteiger partial charge in [-0.1, -0.05) is 60.7 Å². The zero-order valence-corrected chi connectivity index (χ0v) is 50.5. The average Bonchev–Trinajstić information content (AvgIpc) is 3.61. The molecule has 10 aromatic heterocycles. The zero-order valence-electron chi connectivity index (χ0n) is 47.0. The van der Waals surface area contributed by atoms with Crippen LogP contribution in [-0.4, -0.2) is 96.5 Å². The third-order valence-corrected chi connectivity index (χ3v) is 10.8. The van der Waals surface area contributed by atoms with Gasteiger partial charge in [-0.25, -0.2) is 0 Å². The molecular formula is C64H60N18Ru2+4. The van der Waals surface area contributed by atoms with Gasteiger partial charge in [0, 0.05) is 62.0 Å². The summed E-state index contributed by atoms with van der Waals surface area (Å²) in [6.07, 6.45) is 20.7. The Morgan fingerprint density at radius 2 is 0.393 bits per heavy atom. The van der Waals surface area contributed by atoms with Gasteiger partial charge >= 0.3 is 39.0 Å². The van der Waals surface area contributed by atoms with Crippen LogP contribution in [0, 0.1) is 0 Å². The fourth-order valence-electron chi connectivity index (χ4n) is 6.10. The standard InChI is InChI=1S/C24H28N10.4C10H8N2.2Ru/c1-17(29-27-15-23-11-7-9-13-25-23)19(3)31-33-21(5)22(6)34-32-20(4)18(2)30-28-16-24-12-8-10-14-26-24;4*1-3-7-11-9(5-1)10-6-2-4-8-12-10;;/h7-16H,1-6H3;4*1-8H;;/q;;;;;2*+2. The Morgan fingerprint density at radius 1 is 0.226 bits per heavy atom. The van der Waals surface area contributed by atoms with Crippen LogP contribution in [0.15, 0.2) is 285 Å². The Balaban J connectivity index is 0.000000247. The summed E-state index contributed by atoms with van der Waals surface area (Å²) >= 11 is 0. The Labute approximate surface area is 515 Å². The van der Waals surface area contributed by atoms with Gasteiger partial charge in [-0.2, -0.15) is 40.8 Å². The minimum Gasteiger partial charge on any atom is -0.255 e. The molecular weight excluding hydrogens is 1220 g/mol. The first-order valence-corrected chi connectivity index (χ1v) is 25.7. The molecule has 0 bridgehead atoms. The van der Waals surface area contributed by atoms with Gasteiger partial charge in [0.15, 0.2) is 0 Å². The molecule has 0 aliphatic rings. The molecule has 0 aromatic carbocycles. The molecule has 0 saturated carbocycles. The van der Waals surface area contributed by atoms with E-state index < -0.39 is 0 Å². The van der Waals surface area contributed by atoms with Crippen molar-refractivity contribution in [2.45, 2.75) is 41.5 Å². The predicted molar refractivity (Wildman–Crippen MR) is 332 cm³/mol. The van der Waals surface area contributed by atoms with Crippen molar-refractivity contribution in [2.75, 3.05) is 0 Å². The van der Waals surface area contributed by atoms with Gasteiger partial charge in [0.25, 0.3) is 0 Å². The maximum Gasteiger partial charge on any atom is 2.00 e. The van der Waals surface area contributed by atoms with Crippen molar-refractivity contribution in [3.05, 3.63) is 255 Å². The normalized spacial score (nSPS) is 11.6. The molecule has 418 valence electrons. The van der Waals surface area contributed by atoms with Crippen LogP contribution in [0.5, 0.6) is 0 Å². The second kappa shape index (κ2) is 39.5. The number of pyridine rings is 10. The molecule has 0 N–H and O–H groups in total. The molecule has 0 radical (unpaired) electrons. The number of hydrogen-bond donors (Lipinski definition) is 0. The molecule has 84 heavy (non-hydrogen) atoms. The van der Waals surface area contributed by atoms with E-state index in [9.17, 15) is 0 Å². The maximum absolute atomic E-state index is 4.22. The second-order valence-corrected chi connectivity index (χ2v) is 16.8. The topological polar surface area (TPSA) is 228 Å². The van der Waals surface area contributed by atoms with Crippen molar-refractivity contribution in [1.82, 2.24) is 49.8 Å². The summed E-state index contributed by atoms with van der Waals surface area (Å²) in [4.78, 5) is 41.8. The van der Waals surface area contributed by atoms with Crippen molar-refractivity contribution >= 4 is 46.7 Å². The second-order valence-electron chi connectivity index (χ2n) is 16.8. The van der Waals surface area contributed by atoms with Crippen molar-refractivity contribution in [3.8, 4) is 45.6 Å². The number of hydrogen-bond acceptors (Lipinski definition) is 18. The Morgan fingerprint density at radius 3 is 0.548 bits per heavy atom. The number of rotatable bonds is 13. The minimum atomic E-state index is 0. The molecule has 20 heteroatoms. The van der Waals surface area contributed by atoms with E-state index in [1.807, 2.05) is 224 Å². The smallest absolute Gasteiger partial charge is 0.255 e. The van der Waals surface area contributed by atoms with Gasteiger partial charge < -0.3 is 0 Å². The van der Waals surface area contributed by atoms with E-state index in [1.54, 1.807) is 74.4 Å². The summed E-state index contributed by atoms with van der Waals surface area (Å²) in [7, 11) is 0. The van der Waals surface area contributed by atoms with E-state index in [2.05, 4.69) is 90.7 Å². The fraction of sp³-hybridized carbons (Fsp3) is 0.0938. The summed E-state index contributed by atoms with van der Waals surface area (Å²) in [6.45, 7) is 10.9. The minimum absolute atomic E-state index is 0. The SMILES string of the molecule is CC(=NN=Cc1ccccn1)C(C)=NN=C(C)C(C)=NN=C(C)C(C)=NN=Cc1ccccn1.[Ru+2].[Ru+2].c1ccc(-c2ccccn2)nc1.c1ccc(-c2ccccn2)nc1.c1ccc(-c2ccccn2)nc1.c1ccc(-c2ccccn2)nc1. The van der Waals surface area contributed by atoms with E-state index in [4.69, 9.17) is 0 Å². The van der Waals surface area contributed by atoms with Crippen molar-refractivity contribution in [1.29, 1.82) is 0 Å². The third kappa shape index (κ3) is 25.3. The van der Waals surface area contributed by atoms with Crippen molar-refractivity contribution < 1.29 is 39.0 Å². The van der Waals surface area contributed by atoms with E-state index in [-0.39, 0.29) is 39.0 Å². The molecule has 0 aliphatic heterocycles. The molecule has 0 spiro atoms. The van der Waals surface area contributed by atoms with Gasteiger partial charge in [0.2, 0.25) is 0 Å². The number of nitrogens with zero attached hydrogens (tertiary/aromatic N) is 18. The Bertz CT molecular complexity index is 3100. The first-order valence-electron chi connectivity index (χ1n) is 25.7. The molecule has 0 unspecified atom stereocenters. The van der Waals surface area contributed by atoms with Crippen LogP contribution in [0.1, 0.15) is 52.9 Å². The molecule has 10 rings (SSSR count). The third-order valence-electron chi connectivity index (χ3n) is 10.8. The Hall–Kier alpha value is -9.89. The first kappa shape index (κ1) is 66.6. The molecule has 0 atom stereocenters. The van der Waals surface area contributed by atoms with Crippen LogP contribution in [0.4, 0.5) is 0 Å².